The third-order valence-corrected chi connectivity index (χ3v) is 2.73. The zero-order valence-corrected chi connectivity index (χ0v) is 11.4. The molecule has 17 heavy (non-hydrogen) atoms. The fraction of sp³-hybridized carbons (Fsp3) is 0.333. The molecule has 0 atom stereocenters. The van der Waals surface area contributed by atoms with Crippen LogP contribution in [0.5, 0.6) is 0 Å². The summed E-state index contributed by atoms with van der Waals surface area (Å²) >= 11 is 11.8. The van der Waals surface area contributed by atoms with Gasteiger partial charge in [0.1, 0.15) is 0 Å². The molecule has 0 spiro atoms. The number of hydrogen-bond donors (Lipinski definition) is 1. The highest BCUT2D eigenvalue weighted by Gasteiger charge is 2.07. The minimum absolute atomic E-state index is 0.104. The minimum atomic E-state index is -0.130. The molecule has 0 bridgehead atoms. The lowest BCUT2D eigenvalue weighted by molar-refractivity contribution is -0.123. The van der Waals surface area contributed by atoms with E-state index in [-0.39, 0.29) is 11.8 Å². The highest BCUT2D eigenvalue weighted by molar-refractivity contribution is 6.37. The van der Waals surface area contributed by atoms with E-state index in [0.29, 0.717) is 15.8 Å². The van der Waals surface area contributed by atoms with E-state index in [1.807, 2.05) is 0 Å². The Hall–Kier alpha value is -1.06. The zero-order valence-electron chi connectivity index (χ0n) is 9.92. The standard InChI is InChI=1S/C12H14Cl2N2O/c1-7(2)12(17)16-15-8(3)10-5-4-9(13)6-11(10)14/h4-7H,1-3H3,(H,16,17). The summed E-state index contributed by atoms with van der Waals surface area (Å²) in [5, 5.41) is 5.07. The number of rotatable bonds is 3. The number of carbonyl (C=O) groups is 1. The summed E-state index contributed by atoms with van der Waals surface area (Å²) in [5.74, 6) is -0.235. The van der Waals surface area contributed by atoms with E-state index in [9.17, 15) is 4.79 Å². The summed E-state index contributed by atoms with van der Waals surface area (Å²) in [4.78, 5) is 11.3. The maximum absolute atomic E-state index is 11.3. The van der Waals surface area contributed by atoms with Crippen molar-refractivity contribution in [3.63, 3.8) is 0 Å². The van der Waals surface area contributed by atoms with Crippen molar-refractivity contribution in [3.05, 3.63) is 33.8 Å². The first kappa shape index (κ1) is 14.0. The molecule has 1 aromatic carbocycles. The quantitative estimate of drug-likeness (QED) is 0.664. The maximum Gasteiger partial charge on any atom is 0.242 e. The predicted molar refractivity (Wildman–Crippen MR) is 71.7 cm³/mol. The van der Waals surface area contributed by atoms with E-state index in [0.717, 1.165) is 5.56 Å². The van der Waals surface area contributed by atoms with Crippen LogP contribution in [0.1, 0.15) is 26.3 Å². The molecule has 92 valence electrons. The van der Waals surface area contributed by atoms with Gasteiger partial charge >= 0.3 is 0 Å². The molecular formula is C12H14Cl2N2O. The Morgan fingerprint density at radius 2 is 2.00 bits per heavy atom. The van der Waals surface area contributed by atoms with Gasteiger partial charge in [0.15, 0.2) is 0 Å². The SMILES string of the molecule is CC(=NNC(=O)C(C)C)c1ccc(Cl)cc1Cl. The van der Waals surface area contributed by atoms with E-state index in [1.165, 1.54) is 0 Å². The Bertz CT molecular complexity index is 456. The first-order valence-corrected chi connectivity index (χ1v) is 5.97. The summed E-state index contributed by atoms with van der Waals surface area (Å²) in [6, 6.07) is 5.14. The van der Waals surface area contributed by atoms with Crippen LogP contribution in [-0.2, 0) is 4.79 Å². The number of nitrogens with zero attached hydrogens (tertiary/aromatic N) is 1. The van der Waals surface area contributed by atoms with Crippen molar-refractivity contribution in [1.29, 1.82) is 0 Å². The summed E-state index contributed by atoms with van der Waals surface area (Å²) in [5.41, 5.74) is 3.87. The summed E-state index contributed by atoms with van der Waals surface area (Å²) in [7, 11) is 0. The van der Waals surface area contributed by atoms with Crippen molar-refractivity contribution in [1.82, 2.24) is 5.43 Å². The van der Waals surface area contributed by atoms with Crippen molar-refractivity contribution >= 4 is 34.8 Å². The van der Waals surface area contributed by atoms with Crippen molar-refractivity contribution in [2.24, 2.45) is 11.0 Å². The van der Waals surface area contributed by atoms with Crippen molar-refractivity contribution in [3.8, 4) is 0 Å². The molecule has 5 heteroatoms. The fourth-order valence-corrected chi connectivity index (χ4v) is 1.66. The second-order valence-corrected chi connectivity index (χ2v) is 4.80. The summed E-state index contributed by atoms with van der Waals surface area (Å²) in [6.45, 7) is 5.38. The third-order valence-electron chi connectivity index (χ3n) is 2.18. The molecule has 1 rings (SSSR count). The van der Waals surface area contributed by atoms with Gasteiger partial charge in [-0.3, -0.25) is 4.79 Å². The molecule has 0 aliphatic rings. The molecule has 0 heterocycles. The molecule has 0 saturated carbocycles. The average Bonchev–Trinajstić information content (AvgIpc) is 2.25. The van der Waals surface area contributed by atoms with Crippen LogP contribution in [0.3, 0.4) is 0 Å². The largest absolute Gasteiger partial charge is 0.273 e. The van der Waals surface area contributed by atoms with Gasteiger partial charge < -0.3 is 0 Å². The Morgan fingerprint density at radius 3 is 2.53 bits per heavy atom. The minimum Gasteiger partial charge on any atom is -0.273 e. The van der Waals surface area contributed by atoms with Crippen LogP contribution in [0.4, 0.5) is 0 Å². The summed E-state index contributed by atoms with van der Waals surface area (Å²) < 4.78 is 0. The van der Waals surface area contributed by atoms with Crippen LogP contribution >= 0.6 is 23.2 Å². The maximum atomic E-state index is 11.3. The lowest BCUT2D eigenvalue weighted by atomic mass is 10.1. The highest BCUT2D eigenvalue weighted by Crippen LogP contribution is 2.21. The van der Waals surface area contributed by atoms with Gasteiger partial charge in [-0.25, -0.2) is 5.43 Å². The Kier molecular flexibility index (Phi) is 4.97. The second-order valence-electron chi connectivity index (χ2n) is 3.95. The van der Waals surface area contributed by atoms with Crippen molar-refractivity contribution < 1.29 is 4.79 Å². The molecule has 1 aromatic rings. The first-order chi connectivity index (χ1) is 7.91. The van der Waals surface area contributed by atoms with Gasteiger partial charge in [0.25, 0.3) is 0 Å². The molecular weight excluding hydrogens is 259 g/mol. The normalized spacial score (nSPS) is 11.8. The Morgan fingerprint density at radius 1 is 1.35 bits per heavy atom. The number of benzene rings is 1. The number of hydrogen-bond acceptors (Lipinski definition) is 2. The number of nitrogens with one attached hydrogen (secondary N) is 1. The van der Waals surface area contributed by atoms with E-state index in [2.05, 4.69) is 10.5 Å². The van der Waals surface area contributed by atoms with Crippen LogP contribution in [0.15, 0.2) is 23.3 Å². The second kappa shape index (κ2) is 6.03. The fourth-order valence-electron chi connectivity index (χ4n) is 1.11. The molecule has 0 radical (unpaired) electrons. The number of hydrazone groups is 1. The van der Waals surface area contributed by atoms with Gasteiger partial charge in [-0.15, -0.1) is 0 Å². The van der Waals surface area contributed by atoms with Crippen molar-refractivity contribution in [2.75, 3.05) is 0 Å². The zero-order chi connectivity index (χ0) is 13.0. The number of carbonyl (C=O) groups excluding carboxylic acids is 1. The van der Waals surface area contributed by atoms with Gasteiger partial charge in [-0.05, 0) is 19.1 Å². The van der Waals surface area contributed by atoms with Crippen molar-refractivity contribution in [2.45, 2.75) is 20.8 Å². The van der Waals surface area contributed by atoms with Gasteiger partial charge in [0.05, 0.1) is 10.7 Å². The molecule has 1 N–H and O–H groups in total. The first-order valence-electron chi connectivity index (χ1n) is 5.21. The third kappa shape index (κ3) is 4.02. The molecule has 0 fully saturated rings. The van der Waals surface area contributed by atoms with Gasteiger partial charge in [-0.1, -0.05) is 43.1 Å². The van der Waals surface area contributed by atoms with Crippen LogP contribution in [0, 0.1) is 5.92 Å². The highest BCUT2D eigenvalue weighted by atomic mass is 35.5. The van der Waals surface area contributed by atoms with E-state index < -0.39 is 0 Å². The average molecular weight is 273 g/mol. The molecule has 3 nitrogen and oxygen atoms in total. The summed E-state index contributed by atoms with van der Waals surface area (Å²) in [6.07, 6.45) is 0. The van der Waals surface area contributed by atoms with Crippen LogP contribution < -0.4 is 5.43 Å². The van der Waals surface area contributed by atoms with E-state index >= 15 is 0 Å². The van der Waals surface area contributed by atoms with Gasteiger partial charge in [-0.2, -0.15) is 5.10 Å². The van der Waals surface area contributed by atoms with Crippen LogP contribution in [0.25, 0.3) is 0 Å². The lowest BCUT2D eigenvalue weighted by Crippen LogP contribution is -2.24. The number of amides is 1. The van der Waals surface area contributed by atoms with Crippen LogP contribution in [0.2, 0.25) is 10.0 Å². The van der Waals surface area contributed by atoms with Gasteiger partial charge in [0, 0.05) is 16.5 Å². The topological polar surface area (TPSA) is 41.5 Å². The molecule has 0 saturated heterocycles. The molecule has 0 unspecified atom stereocenters. The molecule has 0 aliphatic heterocycles. The monoisotopic (exact) mass is 272 g/mol. The van der Waals surface area contributed by atoms with Gasteiger partial charge in [0.2, 0.25) is 5.91 Å². The smallest absolute Gasteiger partial charge is 0.242 e. The lowest BCUT2D eigenvalue weighted by Gasteiger charge is -2.06. The predicted octanol–water partition coefficient (Wildman–Crippen LogP) is 3.49. The Labute approximate surface area is 111 Å². The molecule has 0 aliphatic carbocycles. The molecule has 1 amide bonds. The van der Waals surface area contributed by atoms with E-state index in [4.69, 9.17) is 23.2 Å². The Balaban J connectivity index is 2.85. The molecule has 0 aromatic heterocycles. The van der Waals surface area contributed by atoms with E-state index in [1.54, 1.807) is 39.0 Å². The number of halogens is 2. The van der Waals surface area contributed by atoms with Crippen LogP contribution in [-0.4, -0.2) is 11.6 Å².